The number of carbonyl (C=O) groups is 1. The molecule has 0 saturated heterocycles. The molecule has 0 N–H and O–H groups in total. The van der Waals surface area contributed by atoms with Crippen molar-refractivity contribution in [2.24, 2.45) is 4.99 Å². The van der Waals surface area contributed by atoms with Gasteiger partial charge >= 0.3 is 5.97 Å². The lowest BCUT2D eigenvalue weighted by Crippen LogP contribution is -2.39. The van der Waals surface area contributed by atoms with Gasteiger partial charge in [0, 0.05) is 20.6 Å². The molecule has 188 valence electrons. The molecule has 2 aromatic carbocycles. The summed E-state index contributed by atoms with van der Waals surface area (Å²) in [5.41, 5.74) is 1.79. The van der Waals surface area contributed by atoms with Crippen molar-refractivity contribution in [1.29, 1.82) is 0 Å². The standard InChI is InChI=1S/C27H19Br2FN2O4S/c1-3-35-26(34)23-14(2)31-27-32(24(23)15-4-7-17(30)8-5-15)25(33)22(37-27)13-18-9-11-21(36-18)19-12-16(28)6-10-20(19)29/h4-13,24H,3H2,1-2H3/b22-13+/t24-/m1/s1. The molecule has 6 nitrogen and oxygen atoms in total. The normalized spacial score (nSPS) is 15.5. The van der Waals surface area contributed by atoms with Crippen LogP contribution in [-0.4, -0.2) is 17.1 Å². The summed E-state index contributed by atoms with van der Waals surface area (Å²) in [6.07, 6.45) is 1.66. The van der Waals surface area contributed by atoms with E-state index in [2.05, 4.69) is 36.9 Å². The van der Waals surface area contributed by atoms with Crippen LogP contribution in [0.3, 0.4) is 0 Å². The van der Waals surface area contributed by atoms with Crippen molar-refractivity contribution in [3.8, 4) is 11.3 Å². The number of allylic oxidation sites excluding steroid dienone is 1. The summed E-state index contributed by atoms with van der Waals surface area (Å²) in [6, 6.07) is 14.3. The molecular formula is C27H19Br2FN2O4S. The van der Waals surface area contributed by atoms with Gasteiger partial charge in [-0.25, -0.2) is 14.2 Å². The topological polar surface area (TPSA) is 73.8 Å². The number of hydrogen-bond donors (Lipinski definition) is 0. The number of aromatic nitrogens is 1. The summed E-state index contributed by atoms with van der Waals surface area (Å²) >= 11 is 8.20. The lowest BCUT2D eigenvalue weighted by atomic mass is 9.96. The van der Waals surface area contributed by atoms with Gasteiger partial charge in [0.15, 0.2) is 4.80 Å². The van der Waals surface area contributed by atoms with Crippen molar-refractivity contribution in [2.45, 2.75) is 19.9 Å². The van der Waals surface area contributed by atoms with Crippen molar-refractivity contribution in [3.63, 3.8) is 0 Å². The maximum atomic E-state index is 13.7. The van der Waals surface area contributed by atoms with Crippen LogP contribution in [-0.2, 0) is 9.53 Å². The van der Waals surface area contributed by atoms with Crippen molar-refractivity contribution >= 4 is 55.2 Å². The Hall–Kier alpha value is -3.08. The Labute approximate surface area is 231 Å². The molecule has 1 aliphatic heterocycles. The highest BCUT2D eigenvalue weighted by atomic mass is 79.9. The number of carbonyl (C=O) groups excluding carboxylic acids is 1. The molecule has 0 bridgehead atoms. The first-order chi connectivity index (χ1) is 17.8. The zero-order chi connectivity index (χ0) is 26.3. The summed E-state index contributed by atoms with van der Waals surface area (Å²) in [4.78, 5) is 31.5. The van der Waals surface area contributed by atoms with E-state index in [1.165, 1.54) is 28.0 Å². The molecule has 0 radical (unpaired) electrons. The Morgan fingerprint density at radius 1 is 1.19 bits per heavy atom. The number of benzene rings is 2. The van der Waals surface area contributed by atoms with Gasteiger partial charge in [-0.15, -0.1) is 0 Å². The van der Waals surface area contributed by atoms with E-state index in [-0.39, 0.29) is 17.7 Å². The zero-order valence-electron chi connectivity index (χ0n) is 19.6. The van der Waals surface area contributed by atoms with E-state index in [1.54, 1.807) is 38.1 Å². The Kier molecular flexibility index (Phi) is 7.15. The van der Waals surface area contributed by atoms with Crippen molar-refractivity contribution < 1.29 is 18.3 Å². The number of furan rings is 1. The second kappa shape index (κ2) is 10.4. The first kappa shape index (κ1) is 25.6. The Morgan fingerprint density at radius 3 is 2.68 bits per heavy atom. The van der Waals surface area contributed by atoms with Crippen LogP contribution in [0.25, 0.3) is 17.4 Å². The van der Waals surface area contributed by atoms with Crippen molar-refractivity contribution in [2.75, 3.05) is 6.61 Å². The number of esters is 1. The molecule has 0 unspecified atom stereocenters. The summed E-state index contributed by atoms with van der Waals surface area (Å²) in [6.45, 7) is 3.58. The molecule has 0 fully saturated rings. The minimum absolute atomic E-state index is 0.172. The summed E-state index contributed by atoms with van der Waals surface area (Å²) in [5.74, 6) is 0.145. The van der Waals surface area contributed by atoms with Crippen LogP contribution in [0.5, 0.6) is 0 Å². The second-order valence-corrected chi connectivity index (χ2v) is 11.0. The zero-order valence-corrected chi connectivity index (χ0v) is 23.6. The van der Waals surface area contributed by atoms with Crippen molar-refractivity contribution in [3.05, 3.63) is 112 Å². The van der Waals surface area contributed by atoms with Gasteiger partial charge in [0.2, 0.25) is 0 Å². The fourth-order valence-corrected chi connectivity index (χ4v) is 5.97. The number of thiazole rings is 1. The van der Waals surface area contributed by atoms with Crippen LogP contribution in [0.15, 0.2) is 89.0 Å². The number of halogens is 3. The van der Waals surface area contributed by atoms with Crippen LogP contribution >= 0.6 is 43.2 Å². The van der Waals surface area contributed by atoms with Gasteiger partial charge in [-0.2, -0.15) is 0 Å². The molecule has 1 aliphatic rings. The molecule has 0 aliphatic carbocycles. The third-order valence-corrected chi connectivity index (χ3v) is 7.96. The van der Waals surface area contributed by atoms with Gasteiger partial charge in [-0.05, 0) is 61.9 Å². The summed E-state index contributed by atoms with van der Waals surface area (Å²) < 4.78 is 28.6. The van der Waals surface area contributed by atoms with Crippen LogP contribution < -0.4 is 14.9 Å². The van der Waals surface area contributed by atoms with E-state index < -0.39 is 17.8 Å². The smallest absolute Gasteiger partial charge is 0.338 e. The first-order valence-electron chi connectivity index (χ1n) is 11.3. The van der Waals surface area contributed by atoms with Crippen molar-refractivity contribution in [1.82, 2.24) is 4.57 Å². The van der Waals surface area contributed by atoms with E-state index in [1.807, 2.05) is 24.3 Å². The van der Waals surface area contributed by atoms with Gasteiger partial charge in [-0.3, -0.25) is 9.36 Å². The third-order valence-electron chi connectivity index (χ3n) is 5.80. The molecule has 10 heteroatoms. The highest BCUT2D eigenvalue weighted by molar-refractivity contribution is 9.11. The fraction of sp³-hybridized carbons (Fsp3) is 0.148. The summed E-state index contributed by atoms with van der Waals surface area (Å²) in [7, 11) is 0. The summed E-state index contributed by atoms with van der Waals surface area (Å²) in [5, 5.41) is 0. The molecule has 5 rings (SSSR count). The third kappa shape index (κ3) is 4.93. The molecule has 1 atom stereocenters. The predicted octanol–water partition coefficient (Wildman–Crippen LogP) is 5.72. The lowest BCUT2D eigenvalue weighted by molar-refractivity contribution is -0.139. The first-order valence-corrected chi connectivity index (χ1v) is 13.7. The maximum Gasteiger partial charge on any atom is 0.338 e. The Balaban J connectivity index is 1.64. The van der Waals surface area contributed by atoms with Gasteiger partial charge < -0.3 is 9.15 Å². The van der Waals surface area contributed by atoms with Gasteiger partial charge in [0.25, 0.3) is 5.56 Å². The molecule has 4 aromatic rings. The molecule has 37 heavy (non-hydrogen) atoms. The van der Waals surface area contributed by atoms with E-state index in [9.17, 15) is 14.0 Å². The van der Waals surface area contributed by atoms with Crippen LogP contribution in [0, 0.1) is 5.82 Å². The molecule has 0 saturated carbocycles. The molecule has 3 heterocycles. The van der Waals surface area contributed by atoms with E-state index in [0.717, 1.165) is 14.5 Å². The minimum atomic E-state index is -0.803. The monoisotopic (exact) mass is 644 g/mol. The number of rotatable bonds is 5. The number of fused-ring (bicyclic) bond motifs is 1. The van der Waals surface area contributed by atoms with E-state index in [4.69, 9.17) is 9.15 Å². The van der Waals surface area contributed by atoms with Crippen LogP contribution in [0.2, 0.25) is 0 Å². The van der Waals surface area contributed by atoms with E-state index in [0.29, 0.717) is 32.1 Å². The molecular weight excluding hydrogens is 627 g/mol. The number of ether oxygens (including phenoxy) is 1. The Morgan fingerprint density at radius 2 is 1.95 bits per heavy atom. The number of hydrogen-bond acceptors (Lipinski definition) is 6. The average Bonchev–Trinajstić information content (AvgIpc) is 3.45. The second-order valence-electron chi connectivity index (χ2n) is 8.18. The minimum Gasteiger partial charge on any atom is -0.463 e. The highest BCUT2D eigenvalue weighted by Gasteiger charge is 2.33. The van der Waals surface area contributed by atoms with Gasteiger partial charge in [0.1, 0.15) is 17.3 Å². The van der Waals surface area contributed by atoms with Crippen LogP contribution in [0.4, 0.5) is 4.39 Å². The fourth-order valence-electron chi connectivity index (χ4n) is 4.14. The Bertz CT molecular complexity index is 1730. The van der Waals surface area contributed by atoms with Gasteiger partial charge in [-0.1, -0.05) is 55.3 Å². The average molecular weight is 646 g/mol. The van der Waals surface area contributed by atoms with E-state index >= 15 is 0 Å². The largest absolute Gasteiger partial charge is 0.463 e. The number of nitrogens with zero attached hydrogens (tertiary/aromatic N) is 2. The van der Waals surface area contributed by atoms with Gasteiger partial charge in [0.05, 0.1) is 28.5 Å². The predicted molar refractivity (Wildman–Crippen MR) is 146 cm³/mol. The highest BCUT2D eigenvalue weighted by Crippen LogP contribution is 2.33. The quantitative estimate of drug-likeness (QED) is 0.260. The molecule has 2 aromatic heterocycles. The molecule has 0 amide bonds. The van der Waals surface area contributed by atoms with Crippen LogP contribution in [0.1, 0.15) is 31.2 Å². The maximum absolute atomic E-state index is 13.7. The SMILES string of the molecule is CCOC(=O)C1=C(C)N=c2s/c(=C/c3ccc(-c4cc(Br)ccc4Br)o3)c(=O)n2[C@@H]1c1ccc(F)cc1. The molecule has 0 spiro atoms. The lowest BCUT2D eigenvalue weighted by Gasteiger charge is -2.24.